The minimum absolute atomic E-state index is 0.0446. The van der Waals surface area contributed by atoms with E-state index in [0.29, 0.717) is 34.7 Å². The van der Waals surface area contributed by atoms with Crippen molar-refractivity contribution in [3.05, 3.63) is 71.9 Å². The Morgan fingerprint density at radius 2 is 2.11 bits per heavy atom. The van der Waals surface area contributed by atoms with E-state index in [0.717, 1.165) is 10.9 Å². The van der Waals surface area contributed by atoms with Gasteiger partial charge in [-0.3, -0.25) is 9.59 Å². The number of anilines is 2. The van der Waals surface area contributed by atoms with E-state index in [4.69, 9.17) is 16.3 Å². The van der Waals surface area contributed by atoms with Crippen molar-refractivity contribution in [3.63, 3.8) is 0 Å². The van der Waals surface area contributed by atoms with Crippen molar-refractivity contribution < 1.29 is 19.4 Å². The molecule has 0 unspecified atom stereocenters. The maximum absolute atomic E-state index is 13.7. The van der Waals surface area contributed by atoms with Crippen molar-refractivity contribution >= 4 is 51.2 Å². The Kier molecular flexibility index (Phi) is 5.41. The molecule has 0 saturated heterocycles. The van der Waals surface area contributed by atoms with Crippen molar-refractivity contribution in [2.24, 2.45) is 0 Å². The molecule has 3 aromatic heterocycles. The van der Waals surface area contributed by atoms with Crippen LogP contribution < -0.4 is 15.0 Å². The van der Waals surface area contributed by atoms with Gasteiger partial charge in [0, 0.05) is 47.6 Å². The van der Waals surface area contributed by atoms with E-state index in [-0.39, 0.29) is 34.8 Å². The first-order valence-electron chi connectivity index (χ1n) is 11.3. The Labute approximate surface area is 214 Å². The third-order valence-corrected chi connectivity index (χ3v) is 6.82. The Bertz CT molecular complexity index is 1680. The minimum atomic E-state index is -0.423. The highest BCUT2D eigenvalue weighted by molar-refractivity contribution is 6.19. The minimum Gasteiger partial charge on any atom is -0.507 e. The van der Waals surface area contributed by atoms with Crippen molar-refractivity contribution in [1.82, 2.24) is 24.8 Å². The number of amides is 2. The number of halogens is 1. The normalized spacial score (nSPS) is 14.8. The highest BCUT2D eigenvalue weighted by Crippen LogP contribution is 2.48. The van der Waals surface area contributed by atoms with Crippen molar-refractivity contribution in [2.45, 2.75) is 5.92 Å². The number of fused-ring (bicyclic) bond motifs is 4. The monoisotopic (exact) mass is 517 g/mol. The third kappa shape index (κ3) is 3.71. The van der Waals surface area contributed by atoms with E-state index < -0.39 is 5.91 Å². The maximum atomic E-state index is 13.7. The van der Waals surface area contributed by atoms with Gasteiger partial charge in [-0.15, -0.1) is 11.6 Å². The number of alkyl halides is 1. The largest absolute Gasteiger partial charge is 0.507 e. The average Bonchev–Trinajstić information content (AvgIpc) is 3.66. The smallest absolute Gasteiger partial charge is 0.278 e. The SMILES string of the molecule is COc1cccc2c(O)cc3c(c12)[C@H](CCl)CN3C(=O)c1cn2cc(NC(=O)c3cn[nH]n3)ccc2n1. The van der Waals surface area contributed by atoms with Gasteiger partial charge in [0.2, 0.25) is 0 Å². The number of imidazole rings is 1. The van der Waals surface area contributed by atoms with E-state index in [2.05, 4.69) is 25.7 Å². The molecule has 1 aliphatic heterocycles. The molecule has 11 nitrogen and oxygen atoms in total. The van der Waals surface area contributed by atoms with Crippen LogP contribution in [-0.2, 0) is 0 Å². The summed E-state index contributed by atoms with van der Waals surface area (Å²) in [6, 6.07) is 10.4. The van der Waals surface area contributed by atoms with Crippen LogP contribution >= 0.6 is 11.6 Å². The zero-order valence-electron chi connectivity index (χ0n) is 19.5. The van der Waals surface area contributed by atoms with Gasteiger partial charge in [0.15, 0.2) is 5.69 Å². The second kappa shape index (κ2) is 8.79. The van der Waals surface area contributed by atoms with Gasteiger partial charge in [0.1, 0.15) is 22.8 Å². The molecule has 4 heterocycles. The Hall–Kier alpha value is -4.64. The van der Waals surface area contributed by atoms with Gasteiger partial charge in [-0.25, -0.2) is 4.98 Å². The van der Waals surface area contributed by atoms with Crippen molar-refractivity contribution in [2.75, 3.05) is 29.8 Å². The summed E-state index contributed by atoms with van der Waals surface area (Å²) >= 11 is 6.34. The molecule has 0 spiro atoms. The lowest BCUT2D eigenvalue weighted by Gasteiger charge is -2.17. The fourth-order valence-corrected chi connectivity index (χ4v) is 5.04. The molecule has 1 atom stereocenters. The number of carbonyl (C=O) groups is 2. The van der Waals surface area contributed by atoms with E-state index in [1.54, 1.807) is 53.1 Å². The zero-order chi connectivity index (χ0) is 25.7. The highest BCUT2D eigenvalue weighted by Gasteiger charge is 2.36. The van der Waals surface area contributed by atoms with Gasteiger partial charge in [0.05, 0.1) is 24.7 Å². The first-order valence-corrected chi connectivity index (χ1v) is 11.9. The summed E-state index contributed by atoms with van der Waals surface area (Å²) in [7, 11) is 1.57. The molecule has 0 bridgehead atoms. The van der Waals surface area contributed by atoms with E-state index in [9.17, 15) is 14.7 Å². The molecule has 37 heavy (non-hydrogen) atoms. The molecule has 6 rings (SSSR count). The summed E-state index contributed by atoms with van der Waals surface area (Å²) in [5, 5.41) is 24.7. The van der Waals surface area contributed by atoms with Gasteiger partial charge in [0.25, 0.3) is 11.8 Å². The lowest BCUT2D eigenvalue weighted by molar-refractivity contribution is 0.0982. The number of benzene rings is 2. The van der Waals surface area contributed by atoms with Gasteiger partial charge >= 0.3 is 0 Å². The predicted octanol–water partition coefficient (Wildman–Crippen LogP) is 3.55. The number of hydrogen-bond acceptors (Lipinski definition) is 7. The summed E-state index contributed by atoms with van der Waals surface area (Å²) in [6.07, 6.45) is 4.57. The van der Waals surface area contributed by atoms with E-state index in [1.807, 2.05) is 12.1 Å². The molecule has 1 aliphatic rings. The second-order valence-electron chi connectivity index (χ2n) is 8.60. The fraction of sp³-hybridized carbons (Fsp3) is 0.160. The average molecular weight is 518 g/mol. The van der Waals surface area contributed by atoms with Crippen LogP contribution in [0, 0.1) is 0 Å². The number of rotatable bonds is 5. The lowest BCUT2D eigenvalue weighted by Crippen LogP contribution is -2.30. The number of phenolic OH excluding ortho intramolecular Hbond substituents is 1. The molecular weight excluding hydrogens is 498 g/mol. The molecule has 0 radical (unpaired) electrons. The number of carbonyl (C=O) groups excluding carboxylic acids is 2. The summed E-state index contributed by atoms with van der Waals surface area (Å²) in [6.45, 7) is 0.334. The quantitative estimate of drug-likeness (QED) is 0.303. The summed E-state index contributed by atoms with van der Waals surface area (Å²) < 4.78 is 7.23. The molecule has 12 heteroatoms. The number of H-pyrrole nitrogens is 1. The van der Waals surface area contributed by atoms with Crippen LogP contribution in [0.3, 0.4) is 0 Å². The molecule has 0 fully saturated rings. The molecule has 0 aliphatic carbocycles. The number of ether oxygens (including phenoxy) is 1. The number of methoxy groups -OCH3 is 1. The molecule has 5 aromatic rings. The predicted molar refractivity (Wildman–Crippen MR) is 137 cm³/mol. The lowest BCUT2D eigenvalue weighted by atomic mass is 9.94. The first kappa shape index (κ1) is 22.8. The number of hydrogen-bond donors (Lipinski definition) is 3. The standard InChI is InChI=1S/C25H20ClN7O4/c1-37-20-4-2-3-15-19(34)7-18-22(23(15)20)13(8-26)10-33(18)25(36)17-12-32-11-14(5-6-21(32)29-17)28-24(35)16-9-27-31-30-16/h2-7,9,11-13,34H,8,10H2,1H3,(H,28,35)(H,27,30,31)/t13-/m1/s1. The van der Waals surface area contributed by atoms with Crippen molar-refractivity contribution in [1.29, 1.82) is 0 Å². The number of phenols is 1. The van der Waals surface area contributed by atoms with E-state index >= 15 is 0 Å². The summed E-state index contributed by atoms with van der Waals surface area (Å²) in [5.41, 5.74) is 2.81. The molecule has 2 amide bonds. The zero-order valence-corrected chi connectivity index (χ0v) is 20.2. The van der Waals surface area contributed by atoms with Crippen LogP contribution in [0.25, 0.3) is 16.4 Å². The Morgan fingerprint density at radius 3 is 2.86 bits per heavy atom. The molecule has 186 valence electrons. The van der Waals surface area contributed by atoms with Crippen LogP contribution in [0.2, 0.25) is 0 Å². The number of aromatic amines is 1. The van der Waals surface area contributed by atoms with E-state index in [1.165, 1.54) is 6.20 Å². The number of pyridine rings is 1. The van der Waals surface area contributed by atoms with Crippen LogP contribution in [0.5, 0.6) is 11.5 Å². The second-order valence-corrected chi connectivity index (χ2v) is 8.91. The van der Waals surface area contributed by atoms with Crippen LogP contribution in [-0.4, -0.2) is 61.3 Å². The Morgan fingerprint density at radius 1 is 1.24 bits per heavy atom. The van der Waals surface area contributed by atoms with Gasteiger partial charge < -0.3 is 24.5 Å². The number of aromatic nitrogens is 5. The first-order chi connectivity index (χ1) is 18.0. The van der Waals surface area contributed by atoms with Gasteiger partial charge in [-0.05, 0) is 23.8 Å². The molecular formula is C25H20ClN7O4. The summed E-state index contributed by atoms with van der Waals surface area (Å²) in [4.78, 5) is 32.0. The topological polar surface area (TPSA) is 138 Å². The Balaban J connectivity index is 1.36. The van der Waals surface area contributed by atoms with Crippen LogP contribution in [0.15, 0.2) is 55.0 Å². The number of nitrogens with one attached hydrogen (secondary N) is 2. The maximum Gasteiger partial charge on any atom is 0.278 e. The van der Waals surface area contributed by atoms with Crippen LogP contribution in [0.4, 0.5) is 11.4 Å². The third-order valence-electron chi connectivity index (χ3n) is 6.45. The summed E-state index contributed by atoms with van der Waals surface area (Å²) in [5.74, 6) is 0.0155. The molecule has 2 aromatic carbocycles. The molecule has 3 N–H and O–H groups in total. The van der Waals surface area contributed by atoms with Crippen LogP contribution in [0.1, 0.15) is 32.5 Å². The highest BCUT2D eigenvalue weighted by atomic mass is 35.5. The number of aromatic hydroxyl groups is 1. The van der Waals surface area contributed by atoms with Gasteiger partial charge in [-0.2, -0.15) is 15.4 Å². The van der Waals surface area contributed by atoms with Gasteiger partial charge in [-0.1, -0.05) is 12.1 Å². The fourth-order valence-electron chi connectivity index (χ4n) is 4.78. The molecule has 0 saturated carbocycles. The number of nitrogens with zero attached hydrogens (tertiary/aromatic N) is 5. The van der Waals surface area contributed by atoms with Crippen molar-refractivity contribution in [3.8, 4) is 11.5 Å².